The predicted octanol–water partition coefficient (Wildman–Crippen LogP) is 4.67. The van der Waals surface area contributed by atoms with Crippen molar-refractivity contribution in [3.63, 3.8) is 0 Å². The van der Waals surface area contributed by atoms with Crippen molar-refractivity contribution < 1.29 is 14.7 Å². The van der Waals surface area contributed by atoms with Gasteiger partial charge in [0.2, 0.25) is 0 Å². The van der Waals surface area contributed by atoms with E-state index >= 15 is 0 Å². The summed E-state index contributed by atoms with van der Waals surface area (Å²) in [7, 11) is 0. The van der Waals surface area contributed by atoms with Crippen LogP contribution in [0, 0.1) is 6.92 Å². The number of fused-ring (bicyclic) bond motifs is 1. The quantitative estimate of drug-likeness (QED) is 0.536. The summed E-state index contributed by atoms with van der Waals surface area (Å²) in [4.78, 5) is 30.9. The fourth-order valence-corrected chi connectivity index (χ4v) is 3.11. The molecule has 0 aliphatic carbocycles. The molecule has 30 heavy (non-hydrogen) atoms. The number of aromatic nitrogens is 1. The number of nitrogens with zero attached hydrogens (tertiary/aromatic N) is 2. The number of amides is 1. The topological polar surface area (TPSA) is 82.5 Å². The minimum atomic E-state index is -1.07. The number of benzene rings is 2. The van der Waals surface area contributed by atoms with Crippen LogP contribution < -0.4 is 10.2 Å². The number of aromatic carboxylic acids is 1. The molecule has 152 valence electrons. The third kappa shape index (κ3) is 4.55. The molecular formula is C24H23N3O3. The molecule has 6 heteroatoms. The lowest BCUT2D eigenvalue weighted by Gasteiger charge is -2.21. The number of aryl methyl sites for hydroxylation is 1. The molecule has 3 rings (SSSR count). The first-order valence-corrected chi connectivity index (χ1v) is 9.45. The molecule has 2 N–H and O–H groups in total. The summed E-state index contributed by atoms with van der Waals surface area (Å²) < 4.78 is 0. The highest BCUT2D eigenvalue weighted by atomic mass is 16.4. The molecule has 0 aliphatic rings. The van der Waals surface area contributed by atoms with E-state index in [2.05, 4.69) is 23.5 Å². The molecule has 0 aliphatic heterocycles. The van der Waals surface area contributed by atoms with Gasteiger partial charge in [-0.05, 0) is 43.3 Å². The van der Waals surface area contributed by atoms with E-state index in [1.54, 1.807) is 42.5 Å². The monoisotopic (exact) mass is 401 g/mol. The lowest BCUT2D eigenvalue weighted by molar-refractivity contribution is 0.0698. The fraction of sp³-hybridized carbons (Fsp3) is 0.125. The Morgan fingerprint density at radius 2 is 1.73 bits per heavy atom. The average molecular weight is 401 g/mol. The van der Waals surface area contributed by atoms with Gasteiger partial charge in [-0.25, -0.2) is 9.78 Å². The summed E-state index contributed by atoms with van der Waals surface area (Å²) in [6.45, 7) is 10.4. The van der Waals surface area contributed by atoms with E-state index in [1.807, 2.05) is 24.0 Å². The largest absolute Gasteiger partial charge is 0.478 e. The number of nitrogens with one attached hydrogen (secondary N) is 1. The van der Waals surface area contributed by atoms with Crippen molar-refractivity contribution in [2.45, 2.75) is 6.92 Å². The molecule has 1 aromatic heterocycles. The molecule has 0 fully saturated rings. The maximum atomic E-state index is 12.5. The molecule has 0 saturated heterocycles. The van der Waals surface area contributed by atoms with Crippen LogP contribution in [0.15, 0.2) is 73.8 Å². The molecule has 0 spiro atoms. The summed E-state index contributed by atoms with van der Waals surface area (Å²) in [5.74, 6) is -0.807. The van der Waals surface area contributed by atoms with Crippen molar-refractivity contribution in [1.82, 2.24) is 4.98 Å². The van der Waals surface area contributed by atoms with Crippen LogP contribution in [-0.2, 0) is 0 Å². The van der Waals surface area contributed by atoms with Gasteiger partial charge in [0.25, 0.3) is 5.91 Å². The van der Waals surface area contributed by atoms with Crippen molar-refractivity contribution in [2.24, 2.45) is 0 Å². The van der Waals surface area contributed by atoms with Crippen LogP contribution in [0.2, 0.25) is 0 Å². The third-order valence-electron chi connectivity index (χ3n) is 4.62. The van der Waals surface area contributed by atoms with Crippen LogP contribution in [0.1, 0.15) is 26.3 Å². The van der Waals surface area contributed by atoms with E-state index in [4.69, 9.17) is 0 Å². The summed E-state index contributed by atoms with van der Waals surface area (Å²) in [6, 6.07) is 13.8. The first kappa shape index (κ1) is 20.8. The van der Waals surface area contributed by atoms with Gasteiger partial charge in [0.1, 0.15) is 5.82 Å². The van der Waals surface area contributed by atoms with E-state index in [0.717, 1.165) is 5.56 Å². The number of rotatable bonds is 8. The summed E-state index contributed by atoms with van der Waals surface area (Å²) in [6.07, 6.45) is 3.44. The van der Waals surface area contributed by atoms with Gasteiger partial charge in [-0.3, -0.25) is 4.79 Å². The van der Waals surface area contributed by atoms with Crippen LogP contribution in [0.25, 0.3) is 10.9 Å². The SMILES string of the molecule is C=CCN(CC=C)c1cc(C(=O)O)c2cc(NC(=O)c3ccc(C)cc3)ccc2n1. The fourth-order valence-electron chi connectivity index (χ4n) is 3.11. The second kappa shape index (κ2) is 9.05. The number of carboxylic acid groups (broad SMARTS) is 1. The van der Waals surface area contributed by atoms with Gasteiger partial charge in [-0.2, -0.15) is 0 Å². The molecule has 2 aromatic carbocycles. The Morgan fingerprint density at radius 3 is 2.33 bits per heavy atom. The van der Waals surface area contributed by atoms with Gasteiger partial charge in [-0.15, -0.1) is 13.2 Å². The molecule has 0 bridgehead atoms. The lowest BCUT2D eigenvalue weighted by Crippen LogP contribution is -2.24. The number of pyridine rings is 1. The highest BCUT2D eigenvalue weighted by Crippen LogP contribution is 2.26. The number of carboxylic acids is 1. The predicted molar refractivity (Wildman–Crippen MR) is 120 cm³/mol. The molecule has 3 aromatic rings. The van der Waals surface area contributed by atoms with E-state index in [0.29, 0.717) is 41.1 Å². The van der Waals surface area contributed by atoms with Gasteiger partial charge >= 0.3 is 5.97 Å². The Bertz CT molecular complexity index is 1110. The molecule has 0 unspecified atom stereocenters. The highest BCUT2D eigenvalue weighted by molar-refractivity contribution is 6.08. The van der Waals surface area contributed by atoms with Crippen LogP contribution in [0.5, 0.6) is 0 Å². The van der Waals surface area contributed by atoms with E-state index < -0.39 is 5.97 Å². The number of anilines is 2. The first-order valence-electron chi connectivity index (χ1n) is 9.45. The molecule has 6 nitrogen and oxygen atoms in total. The van der Waals surface area contributed by atoms with E-state index in [-0.39, 0.29) is 11.5 Å². The first-order chi connectivity index (χ1) is 14.4. The lowest BCUT2D eigenvalue weighted by atomic mass is 10.1. The summed E-state index contributed by atoms with van der Waals surface area (Å²) in [5.41, 5.74) is 2.72. The molecule has 0 atom stereocenters. The van der Waals surface area contributed by atoms with Gasteiger partial charge in [0, 0.05) is 29.7 Å². The van der Waals surface area contributed by atoms with E-state index in [9.17, 15) is 14.7 Å². The number of hydrogen-bond acceptors (Lipinski definition) is 4. The number of carbonyl (C=O) groups is 2. The maximum absolute atomic E-state index is 12.5. The Balaban J connectivity index is 1.99. The summed E-state index contributed by atoms with van der Waals surface area (Å²) in [5, 5.41) is 13.0. The normalized spacial score (nSPS) is 10.4. The zero-order valence-corrected chi connectivity index (χ0v) is 16.8. The number of carbonyl (C=O) groups excluding carboxylic acids is 1. The van der Waals surface area contributed by atoms with Gasteiger partial charge < -0.3 is 15.3 Å². The minimum Gasteiger partial charge on any atom is -0.478 e. The van der Waals surface area contributed by atoms with Gasteiger partial charge in [0.15, 0.2) is 0 Å². The Hall–Kier alpha value is -3.93. The van der Waals surface area contributed by atoms with Crippen LogP contribution in [-0.4, -0.2) is 35.1 Å². The molecule has 0 saturated carbocycles. The van der Waals surface area contributed by atoms with Crippen molar-refractivity contribution in [2.75, 3.05) is 23.3 Å². The third-order valence-corrected chi connectivity index (χ3v) is 4.62. The van der Waals surface area contributed by atoms with Gasteiger partial charge in [0.05, 0.1) is 11.1 Å². The Kier molecular flexibility index (Phi) is 6.27. The van der Waals surface area contributed by atoms with Crippen LogP contribution in [0.3, 0.4) is 0 Å². The Labute approximate surface area is 175 Å². The van der Waals surface area contributed by atoms with E-state index in [1.165, 1.54) is 6.07 Å². The Morgan fingerprint density at radius 1 is 1.07 bits per heavy atom. The minimum absolute atomic E-state index is 0.111. The smallest absolute Gasteiger partial charge is 0.336 e. The second-order valence-corrected chi connectivity index (χ2v) is 6.87. The summed E-state index contributed by atoms with van der Waals surface area (Å²) >= 11 is 0. The second-order valence-electron chi connectivity index (χ2n) is 6.87. The van der Waals surface area contributed by atoms with Crippen molar-refractivity contribution in [3.8, 4) is 0 Å². The van der Waals surface area contributed by atoms with Crippen LogP contribution in [0.4, 0.5) is 11.5 Å². The molecule has 0 radical (unpaired) electrons. The van der Waals surface area contributed by atoms with Crippen molar-refractivity contribution >= 4 is 34.3 Å². The van der Waals surface area contributed by atoms with Gasteiger partial charge in [-0.1, -0.05) is 29.8 Å². The number of hydrogen-bond donors (Lipinski definition) is 2. The maximum Gasteiger partial charge on any atom is 0.336 e. The standard InChI is InChI=1S/C24H23N3O3/c1-4-12-27(13-5-2)22-15-20(24(29)30)19-14-18(10-11-21(19)26-22)25-23(28)17-8-6-16(3)7-9-17/h4-11,14-15H,1-2,12-13H2,3H3,(H,25,28)(H,29,30). The molecule has 1 amide bonds. The zero-order chi connectivity index (χ0) is 21.7. The molecular weight excluding hydrogens is 378 g/mol. The zero-order valence-electron chi connectivity index (χ0n) is 16.8. The van der Waals surface area contributed by atoms with Crippen molar-refractivity contribution in [1.29, 1.82) is 0 Å². The molecule has 1 heterocycles. The van der Waals surface area contributed by atoms with Crippen molar-refractivity contribution in [3.05, 3.63) is 90.5 Å². The highest BCUT2D eigenvalue weighted by Gasteiger charge is 2.16. The average Bonchev–Trinajstić information content (AvgIpc) is 2.73. The van der Waals surface area contributed by atoms with Crippen LogP contribution >= 0.6 is 0 Å².